The number of carbonyl (C=O) groups is 2. The summed E-state index contributed by atoms with van der Waals surface area (Å²) in [6.07, 6.45) is 0. The number of nitrogens with one attached hydrogen (secondary N) is 1. The van der Waals surface area contributed by atoms with Crippen molar-refractivity contribution in [2.45, 2.75) is 6.92 Å². The molecule has 1 amide bonds. The van der Waals surface area contributed by atoms with Crippen molar-refractivity contribution in [1.82, 2.24) is 5.32 Å². The van der Waals surface area contributed by atoms with Gasteiger partial charge in [0.1, 0.15) is 17.7 Å². The van der Waals surface area contributed by atoms with Crippen LogP contribution in [-0.4, -0.2) is 24.7 Å². The van der Waals surface area contributed by atoms with Gasteiger partial charge in [0.25, 0.3) is 5.91 Å². The fourth-order valence-electron chi connectivity index (χ4n) is 1.33. The largest absolute Gasteiger partial charge is 0.465 e. The van der Waals surface area contributed by atoms with Crippen molar-refractivity contribution < 1.29 is 14.3 Å². The van der Waals surface area contributed by atoms with Crippen LogP contribution in [-0.2, 0) is 14.3 Å². The van der Waals surface area contributed by atoms with E-state index in [0.29, 0.717) is 10.7 Å². The van der Waals surface area contributed by atoms with Gasteiger partial charge >= 0.3 is 5.97 Å². The minimum absolute atomic E-state index is 0.0535. The number of thioether (sulfide) groups is 1. The summed E-state index contributed by atoms with van der Waals surface area (Å²) in [5.74, 6) is -0.861. The summed E-state index contributed by atoms with van der Waals surface area (Å²) in [6.45, 7) is 1.83. The molecule has 0 radical (unpaired) electrons. The lowest BCUT2D eigenvalue weighted by Gasteiger charge is -2.05. The van der Waals surface area contributed by atoms with E-state index < -0.39 is 11.9 Å². The molecule has 1 aliphatic rings. The molecule has 0 aromatic heterocycles. The molecule has 0 atom stereocenters. The van der Waals surface area contributed by atoms with Gasteiger partial charge in [0.15, 0.2) is 5.57 Å². The van der Waals surface area contributed by atoms with Gasteiger partial charge in [-0.25, -0.2) is 4.79 Å². The lowest BCUT2D eigenvalue weighted by molar-refractivity contribution is -0.135. The van der Waals surface area contributed by atoms with Crippen molar-refractivity contribution in [3.05, 3.63) is 21.7 Å². The molecule has 1 aliphatic heterocycles. The quantitative estimate of drug-likeness (QED) is 0.454. The van der Waals surface area contributed by atoms with E-state index in [-0.39, 0.29) is 16.8 Å². The van der Waals surface area contributed by atoms with Crippen molar-refractivity contribution in [2.75, 3.05) is 12.9 Å². The zero-order chi connectivity index (χ0) is 13.7. The van der Waals surface area contributed by atoms with E-state index >= 15 is 0 Å². The topological polar surface area (TPSA) is 103 Å². The van der Waals surface area contributed by atoms with Gasteiger partial charge in [0.05, 0.1) is 17.7 Å². The SMILES string of the molecule is CCSC1=C(C#N)C(=O)N/C1=C(/C#N)C(=O)OC. The van der Waals surface area contributed by atoms with Crippen LogP contribution in [0.5, 0.6) is 0 Å². The Morgan fingerprint density at radius 1 is 1.50 bits per heavy atom. The van der Waals surface area contributed by atoms with Gasteiger partial charge in [0, 0.05) is 0 Å². The molecule has 1 rings (SSSR count). The van der Waals surface area contributed by atoms with E-state index in [1.165, 1.54) is 11.8 Å². The number of nitrogens with zero attached hydrogens (tertiary/aromatic N) is 2. The van der Waals surface area contributed by atoms with Gasteiger partial charge < -0.3 is 10.1 Å². The monoisotopic (exact) mass is 263 g/mol. The molecule has 0 unspecified atom stereocenters. The molecule has 0 fully saturated rings. The summed E-state index contributed by atoms with van der Waals surface area (Å²) in [6, 6.07) is 3.45. The van der Waals surface area contributed by atoms with Crippen molar-refractivity contribution in [1.29, 1.82) is 10.5 Å². The summed E-state index contributed by atoms with van der Waals surface area (Å²) in [5.41, 5.74) is -0.349. The maximum absolute atomic E-state index is 11.5. The maximum Gasteiger partial charge on any atom is 0.350 e. The lowest BCUT2D eigenvalue weighted by atomic mass is 10.2. The highest BCUT2D eigenvalue weighted by Gasteiger charge is 2.32. The number of rotatable bonds is 3. The van der Waals surface area contributed by atoms with E-state index in [4.69, 9.17) is 10.5 Å². The molecule has 18 heavy (non-hydrogen) atoms. The highest BCUT2D eigenvalue weighted by atomic mass is 32.2. The first-order chi connectivity index (χ1) is 8.60. The molecule has 0 aromatic carbocycles. The molecule has 0 bridgehead atoms. The first-order valence-electron chi connectivity index (χ1n) is 4.92. The fraction of sp³-hybridized carbons (Fsp3) is 0.273. The van der Waals surface area contributed by atoms with Crippen LogP contribution >= 0.6 is 11.8 Å². The highest BCUT2D eigenvalue weighted by molar-refractivity contribution is 8.03. The summed E-state index contributed by atoms with van der Waals surface area (Å²) >= 11 is 1.21. The first kappa shape index (κ1) is 13.8. The lowest BCUT2D eigenvalue weighted by Crippen LogP contribution is -2.19. The van der Waals surface area contributed by atoms with Crippen LogP contribution in [0, 0.1) is 22.7 Å². The second-order valence-electron chi connectivity index (χ2n) is 3.06. The number of hydrogen-bond donors (Lipinski definition) is 1. The number of carbonyl (C=O) groups excluding carboxylic acids is 2. The second kappa shape index (κ2) is 5.89. The van der Waals surface area contributed by atoms with Crippen LogP contribution in [0.15, 0.2) is 21.7 Å². The Hall–Kier alpha value is -2.25. The van der Waals surface area contributed by atoms with Crippen LogP contribution in [0.3, 0.4) is 0 Å². The van der Waals surface area contributed by atoms with Crippen molar-refractivity contribution in [3.8, 4) is 12.1 Å². The predicted octanol–water partition coefficient (Wildman–Crippen LogP) is 0.598. The molecule has 0 spiro atoms. The average molecular weight is 263 g/mol. The van der Waals surface area contributed by atoms with E-state index in [2.05, 4.69) is 10.1 Å². The van der Waals surface area contributed by atoms with Gasteiger partial charge in [-0.15, -0.1) is 11.8 Å². The van der Waals surface area contributed by atoms with Crippen LogP contribution in [0.25, 0.3) is 0 Å². The van der Waals surface area contributed by atoms with Gasteiger partial charge in [0.2, 0.25) is 0 Å². The molecule has 6 nitrogen and oxygen atoms in total. The molecule has 7 heteroatoms. The number of nitriles is 2. The van der Waals surface area contributed by atoms with Crippen molar-refractivity contribution >= 4 is 23.6 Å². The van der Waals surface area contributed by atoms with Crippen LogP contribution in [0.2, 0.25) is 0 Å². The van der Waals surface area contributed by atoms with Gasteiger partial charge in [-0.1, -0.05) is 6.92 Å². The Balaban J connectivity index is 3.43. The van der Waals surface area contributed by atoms with Gasteiger partial charge in [-0.05, 0) is 5.75 Å². The Bertz CT molecular complexity index is 549. The molecule has 0 saturated heterocycles. The molecule has 1 N–H and O–H groups in total. The summed E-state index contributed by atoms with van der Waals surface area (Å²) in [7, 11) is 1.14. The van der Waals surface area contributed by atoms with E-state index in [1.807, 2.05) is 6.92 Å². The van der Waals surface area contributed by atoms with Gasteiger partial charge in [-0.3, -0.25) is 4.79 Å². The third-order valence-corrected chi connectivity index (χ3v) is 3.06. The van der Waals surface area contributed by atoms with Gasteiger partial charge in [-0.2, -0.15) is 10.5 Å². The third-order valence-electron chi connectivity index (χ3n) is 2.07. The minimum Gasteiger partial charge on any atom is -0.465 e. The highest BCUT2D eigenvalue weighted by Crippen LogP contribution is 2.32. The molecule has 0 aliphatic carbocycles. The zero-order valence-electron chi connectivity index (χ0n) is 9.73. The number of methoxy groups -OCH3 is 1. The van der Waals surface area contributed by atoms with Crippen LogP contribution in [0.1, 0.15) is 6.92 Å². The molecule has 1 heterocycles. The molecule has 0 saturated carbocycles. The maximum atomic E-state index is 11.5. The summed E-state index contributed by atoms with van der Waals surface area (Å²) < 4.78 is 4.46. The Kier molecular flexibility index (Phi) is 4.52. The number of esters is 1. The smallest absolute Gasteiger partial charge is 0.350 e. The first-order valence-corrected chi connectivity index (χ1v) is 5.90. The standard InChI is InChI=1S/C11H9N3O3S/c1-3-18-9-7(5-13)10(15)14-8(9)6(4-12)11(16)17-2/h3H2,1-2H3,(H,14,15)/b8-6-. The Labute approximate surface area is 108 Å². The van der Waals surface area contributed by atoms with E-state index in [1.54, 1.807) is 12.1 Å². The molecule has 92 valence electrons. The summed E-state index contributed by atoms with van der Waals surface area (Å²) in [4.78, 5) is 23.3. The second-order valence-corrected chi connectivity index (χ2v) is 4.33. The molecule has 0 aromatic rings. The average Bonchev–Trinajstić information content (AvgIpc) is 2.67. The van der Waals surface area contributed by atoms with Crippen molar-refractivity contribution in [3.63, 3.8) is 0 Å². The number of amides is 1. The summed E-state index contributed by atoms with van der Waals surface area (Å²) in [5, 5.41) is 20.2. The minimum atomic E-state index is -0.846. The molecular weight excluding hydrogens is 254 g/mol. The Morgan fingerprint density at radius 3 is 2.61 bits per heavy atom. The number of hydrogen-bond acceptors (Lipinski definition) is 6. The zero-order valence-corrected chi connectivity index (χ0v) is 10.6. The number of ether oxygens (including phenoxy) is 1. The normalized spacial score (nSPS) is 16.8. The van der Waals surface area contributed by atoms with E-state index in [9.17, 15) is 9.59 Å². The van der Waals surface area contributed by atoms with Crippen LogP contribution in [0.4, 0.5) is 0 Å². The predicted molar refractivity (Wildman–Crippen MR) is 63.6 cm³/mol. The molecular formula is C11H9N3O3S. The van der Waals surface area contributed by atoms with Crippen molar-refractivity contribution in [2.24, 2.45) is 0 Å². The van der Waals surface area contributed by atoms with Crippen LogP contribution < -0.4 is 5.32 Å². The third kappa shape index (κ3) is 2.36. The fourth-order valence-corrected chi connectivity index (χ4v) is 2.20. The Morgan fingerprint density at radius 2 is 2.17 bits per heavy atom. The van der Waals surface area contributed by atoms with E-state index in [0.717, 1.165) is 7.11 Å².